The monoisotopic (exact) mass is 246 g/mol. The number of esters is 1. The first-order valence-corrected chi connectivity index (χ1v) is 6.31. The van der Waals surface area contributed by atoms with Crippen LogP contribution in [0.3, 0.4) is 0 Å². The average molecular weight is 246 g/mol. The van der Waals surface area contributed by atoms with Gasteiger partial charge in [-0.05, 0) is 25.8 Å². The number of rotatable bonds is 3. The van der Waals surface area contributed by atoms with E-state index in [1.807, 2.05) is 30.3 Å². The maximum Gasteiger partial charge on any atom is 0.337 e. The van der Waals surface area contributed by atoms with Gasteiger partial charge in [-0.25, -0.2) is 4.79 Å². The molecule has 1 aromatic carbocycles. The molecule has 1 aromatic rings. The van der Waals surface area contributed by atoms with Gasteiger partial charge in [0.25, 0.3) is 0 Å². The molecular weight excluding hydrogens is 228 g/mol. The second-order valence-electron chi connectivity index (χ2n) is 4.32. The van der Waals surface area contributed by atoms with Crippen molar-refractivity contribution in [2.45, 2.75) is 32.8 Å². The molecule has 3 nitrogen and oxygen atoms in total. The third-order valence-electron chi connectivity index (χ3n) is 3.09. The van der Waals surface area contributed by atoms with E-state index in [0.717, 1.165) is 24.2 Å². The summed E-state index contributed by atoms with van der Waals surface area (Å²) in [6.07, 6.45) is 1.77. The van der Waals surface area contributed by atoms with Gasteiger partial charge in [-0.1, -0.05) is 30.3 Å². The average Bonchev–Trinajstić information content (AvgIpc) is 2.89. The van der Waals surface area contributed by atoms with Crippen LogP contribution >= 0.6 is 0 Å². The Kier molecular flexibility index (Phi) is 4.03. The molecule has 0 N–H and O–H groups in total. The lowest BCUT2D eigenvalue weighted by atomic mass is 10.1. The van der Waals surface area contributed by atoms with Crippen molar-refractivity contribution < 1.29 is 14.3 Å². The Hall–Kier alpha value is -1.77. The summed E-state index contributed by atoms with van der Waals surface area (Å²) >= 11 is 0. The molecule has 1 unspecified atom stereocenters. The molecule has 0 amide bonds. The van der Waals surface area contributed by atoms with Gasteiger partial charge in [0.15, 0.2) is 0 Å². The van der Waals surface area contributed by atoms with Crippen LogP contribution < -0.4 is 0 Å². The zero-order valence-electron chi connectivity index (χ0n) is 10.8. The summed E-state index contributed by atoms with van der Waals surface area (Å²) < 4.78 is 10.8. The molecule has 18 heavy (non-hydrogen) atoms. The summed E-state index contributed by atoms with van der Waals surface area (Å²) in [5, 5.41) is 0. The van der Waals surface area contributed by atoms with Crippen LogP contribution in [0.4, 0.5) is 0 Å². The summed E-state index contributed by atoms with van der Waals surface area (Å²) in [5.74, 6) is 0.489. The van der Waals surface area contributed by atoms with Crippen molar-refractivity contribution in [2.24, 2.45) is 0 Å². The fourth-order valence-electron chi connectivity index (χ4n) is 2.08. The third-order valence-corrected chi connectivity index (χ3v) is 3.09. The molecule has 0 saturated carbocycles. The highest BCUT2D eigenvalue weighted by Gasteiger charge is 2.25. The Labute approximate surface area is 107 Å². The quantitative estimate of drug-likeness (QED) is 0.606. The summed E-state index contributed by atoms with van der Waals surface area (Å²) in [5.41, 5.74) is 1.75. The number of hydrogen-bond donors (Lipinski definition) is 0. The zero-order chi connectivity index (χ0) is 13.0. The van der Waals surface area contributed by atoms with Gasteiger partial charge in [0.2, 0.25) is 0 Å². The Morgan fingerprint density at radius 3 is 2.78 bits per heavy atom. The Bertz CT molecular complexity index is 448. The molecule has 3 heteroatoms. The number of ether oxygens (including phenoxy) is 2. The van der Waals surface area contributed by atoms with Gasteiger partial charge in [-0.15, -0.1) is 0 Å². The highest BCUT2D eigenvalue weighted by atomic mass is 16.5. The molecule has 0 bridgehead atoms. The fraction of sp³-hybridized carbons (Fsp3) is 0.400. The largest absolute Gasteiger partial charge is 0.490 e. The highest BCUT2D eigenvalue weighted by molar-refractivity contribution is 5.88. The minimum atomic E-state index is -0.277. The number of carbonyl (C=O) groups is 1. The van der Waals surface area contributed by atoms with Crippen LogP contribution in [0.5, 0.6) is 0 Å². The van der Waals surface area contributed by atoms with E-state index in [9.17, 15) is 4.79 Å². The van der Waals surface area contributed by atoms with E-state index in [-0.39, 0.29) is 12.1 Å². The minimum absolute atomic E-state index is 0.0607. The summed E-state index contributed by atoms with van der Waals surface area (Å²) in [4.78, 5) is 11.6. The van der Waals surface area contributed by atoms with Gasteiger partial charge in [0.05, 0.1) is 12.2 Å². The number of benzene rings is 1. The van der Waals surface area contributed by atoms with Crippen LogP contribution in [0.2, 0.25) is 0 Å². The van der Waals surface area contributed by atoms with E-state index in [4.69, 9.17) is 9.47 Å². The topological polar surface area (TPSA) is 35.5 Å². The first kappa shape index (κ1) is 12.7. The molecule has 0 radical (unpaired) electrons. The summed E-state index contributed by atoms with van der Waals surface area (Å²) in [6, 6.07) is 10.1. The van der Waals surface area contributed by atoms with Gasteiger partial charge < -0.3 is 9.47 Å². The van der Waals surface area contributed by atoms with Crippen LogP contribution in [0.25, 0.3) is 0 Å². The molecular formula is C15H18O3. The van der Waals surface area contributed by atoms with Crippen molar-refractivity contribution in [3.63, 3.8) is 0 Å². The normalized spacial score (nSPS) is 21.3. The van der Waals surface area contributed by atoms with E-state index < -0.39 is 0 Å². The van der Waals surface area contributed by atoms with E-state index >= 15 is 0 Å². The molecule has 1 aliphatic heterocycles. The van der Waals surface area contributed by atoms with Crippen molar-refractivity contribution in [3.8, 4) is 0 Å². The van der Waals surface area contributed by atoms with Crippen molar-refractivity contribution in [1.29, 1.82) is 0 Å². The molecule has 1 aliphatic rings. The van der Waals surface area contributed by atoms with Crippen LogP contribution in [-0.4, -0.2) is 12.6 Å². The van der Waals surface area contributed by atoms with E-state index in [1.165, 1.54) is 0 Å². The first-order valence-electron chi connectivity index (χ1n) is 6.31. The Morgan fingerprint density at radius 1 is 1.39 bits per heavy atom. The standard InChI is InChI=1S/C15H18O3/c1-3-17-15(16)11(2)13-9-10-14(18-13)12-7-5-4-6-8-12/h4-8,14H,3,9-10H2,1-2H3. The minimum Gasteiger partial charge on any atom is -0.490 e. The van der Waals surface area contributed by atoms with Crippen LogP contribution in [-0.2, 0) is 14.3 Å². The second-order valence-corrected chi connectivity index (χ2v) is 4.32. The van der Waals surface area contributed by atoms with Crippen molar-refractivity contribution in [2.75, 3.05) is 6.61 Å². The number of allylic oxidation sites excluding steroid dienone is 1. The summed E-state index contributed by atoms with van der Waals surface area (Å²) in [7, 11) is 0. The Morgan fingerprint density at radius 2 is 2.11 bits per heavy atom. The van der Waals surface area contributed by atoms with Crippen LogP contribution in [0, 0.1) is 0 Å². The molecule has 1 heterocycles. The molecule has 1 atom stereocenters. The van der Waals surface area contributed by atoms with E-state index in [2.05, 4.69) is 0 Å². The fourth-order valence-corrected chi connectivity index (χ4v) is 2.08. The van der Waals surface area contributed by atoms with E-state index in [1.54, 1.807) is 13.8 Å². The van der Waals surface area contributed by atoms with Crippen molar-refractivity contribution >= 4 is 5.97 Å². The van der Waals surface area contributed by atoms with E-state index in [0.29, 0.717) is 12.2 Å². The van der Waals surface area contributed by atoms with Gasteiger partial charge in [-0.3, -0.25) is 0 Å². The van der Waals surface area contributed by atoms with Crippen molar-refractivity contribution in [3.05, 3.63) is 47.2 Å². The molecule has 96 valence electrons. The highest BCUT2D eigenvalue weighted by Crippen LogP contribution is 2.36. The first-order chi connectivity index (χ1) is 8.72. The molecule has 1 saturated heterocycles. The smallest absolute Gasteiger partial charge is 0.337 e. The molecule has 0 spiro atoms. The van der Waals surface area contributed by atoms with Gasteiger partial charge in [-0.2, -0.15) is 0 Å². The molecule has 2 rings (SSSR count). The SMILES string of the molecule is CCOC(=O)C(C)=C1CCC(c2ccccc2)O1. The lowest BCUT2D eigenvalue weighted by molar-refractivity contribution is -0.138. The molecule has 0 aromatic heterocycles. The van der Waals surface area contributed by atoms with Gasteiger partial charge in [0.1, 0.15) is 11.9 Å². The predicted molar refractivity (Wildman–Crippen MR) is 68.8 cm³/mol. The maximum atomic E-state index is 11.6. The van der Waals surface area contributed by atoms with Crippen molar-refractivity contribution in [1.82, 2.24) is 0 Å². The summed E-state index contributed by atoms with van der Waals surface area (Å²) in [6.45, 7) is 3.96. The molecule has 1 fully saturated rings. The van der Waals surface area contributed by atoms with Crippen LogP contribution in [0.1, 0.15) is 38.4 Å². The third kappa shape index (κ3) is 2.73. The predicted octanol–water partition coefficient (Wildman–Crippen LogP) is 3.38. The lowest BCUT2D eigenvalue weighted by Crippen LogP contribution is -2.07. The number of carbonyl (C=O) groups excluding carboxylic acids is 1. The Balaban J connectivity index is 2.08. The molecule has 0 aliphatic carbocycles. The van der Waals surface area contributed by atoms with Gasteiger partial charge in [0, 0.05) is 6.42 Å². The zero-order valence-corrected chi connectivity index (χ0v) is 10.8. The van der Waals surface area contributed by atoms with Gasteiger partial charge >= 0.3 is 5.97 Å². The van der Waals surface area contributed by atoms with Crippen LogP contribution in [0.15, 0.2) is 41.7 Å². The lowest BCUT2D eigenvalue weighted by Gasteiger charge is -2.12. The second kappa shape index (κ2) is 5.71. The maximum absolute atomic E-state index is 11.6. The number of hydrogen-bond acceptors (Lipinski definition) is 3.